The Kier molecular flexibility index (Phi) is 6.45. The number of anilines is 1. The van der Waals surface area contributed by atoms with Crippen LogP contribution >= 0.6 is 0 Å². The number of benzene rings is 3. The zero-order valence-corrected chi connectivity index (χ0v) is 18.8. The maximum atomic E-state index is 12.9. The monoisotopic (exact) mass is 443 g/mol. The minimum atomic E-state index is -0.277. The molecule has 0 spiro atoms. The molecule has 6 nitrogen and oxygen atoms in total. The van der Waals surface area contributed by atoms with Crippen LogP contribution in [0.3, 0.4) is 0 Å². The molecule has 168 valence electrons. The highest BCUT2D eigenvalue weighted by molar-refractivity contribution is 5.92. The number of carbonyl (C=O) groups is 1. The van der Waals surface area contributed by atoms with Gasteiger partial charge in [0, 0.05) is 11.8 Å². The van der Waals surface area contributed by atoms with E-state index in [1.165, 1.54) is 6.26 Å². The fraction of sp³-hybridized carbons (Fsp3) is 0.185. The number of amides is 1. The first-order chi connectivity index (χ1) is 15.9. The summed E-state index contributed by atoms with van der Waals surface area (Å²) in [6.07, 6.45) is 2.08. The minimum absolute atomic E-state index is 0.116. The average molecular weight is 443 g/mol. The summed E-state index contributed by atoms with van der Waals surface area (Å²) in [5.74, 6) is 0.889. The van der Waals surface area contributed by atoms with E-state index < -0.39 is 0 Å². The molecule has 3 aromatic carbocycles. The Labute approximate surface area is 191 Å². The van der Waals surface area contributed by atoms with Gasteiger partial charge in [-0.3, -0.25) is 9.59 Å². The van der Waals surface area contributed by atoms with Crippen molar-refractivity contribution < 1.29 is 18.7 Å². The number of fused-ring (bicyclic) bond motifs is 1. The van der Waals surface area contributed by atoms with Crippen LogP contribution in [0.5, 0.6) is 17.2 Å². The van der Waals surface area contributed by atoms with Gasteiger partial charge < -0.3 is 19.2 Å². The van der Waals surface area contributed by atoms with Gasteiger partial charge in [0.2, 0.25) is 11.2 Å². The highest BCUT2D eigenvalue weighted by Gasteiger charge is 2.13. The third kappa shape index (κ3) is 5.06. The molecule has 33 heavy (non-hydrogen) atoms. The van der Waals surface area contributed by atoms with Crippen molar-refractivity contribution in [2.75, 3.05) is 11.9 Å². The number of rotatable bonds is 7. The van der Waals surface area contributed by atoms with Crippen molar-refractivity contribution >= 4 is 22.6 Å². The quantitative estimate of drug-likeness (QED) is 0.392. The number of para-hydroxylation sites is 1. The number of carbonyl (C=O) groups excluding carboxylic acids is 1. The fourth-order valence-corrected chi connectivity index (χ4v) is 3.55. The zero-order chi connectivity index (χ0) is 23.4. The van der Waals surface area contributed by atoms with Crippen LogP contribution in [-0.2, 0) is 11.2 Å². The van der Waals surface area contributed by atoms with Crippen molar-refractivity contribution in [3.63, 3.8) is 0 Å². The van der Waals surface area contributed by atoms with Crippen molar-refractivity contribution in [2.45, 2.75) is 27.2 Å². The van der Waals surface area contributed by atoms with Crippen LogP contribution in [0, 0.1) is 13.8 Å². The van der Waals surface area contributed by atoms with Crippen LogP contribution < -0.4 is 20.2 Å². The molecule has 0 bridgehead atoms. The highest BCUT2D eigenvalue weighted by Crippen LogP contribution is 2.26. The van der Waals surface area contributed by atoms with Crippen molar-refractivity contribution in [1.82, 2.24) is 0 Å². The van der Waals surface area contributed by atoms with Gasteiger partial charge in [-0.1, -0.05) is 42.8 Å². The highest BCUT2D eigenvalue weighted by atomic mass is 16.5. The molecule has 0 saturated heterocycles. The Morgan fingerprint density at radius 2 is 1.82 bits per heavy atom. The Morgan fingerprint density at radius 3 is 2.61 bits per heavy atom. The molecule has 1 heterocycles. The van der Waals surface area contributed by atoms with E-state index in [1.54, 1.807) is 18.2 Å². The van der Waals surface area contributed by atoms with Crippen molar-refractivity contribution in [3.8, 4) is 17.2 Å². The first-order valence-corrected chi connectivity index (χ1v) is 10.8. The summed E-state index contributed by atoms with van der Waals surface area (Å²) in [6, 6.07) is 18.2. The van der Waals surface area contributed by atoms with Crippen LogP contribution in [0.1, 0.15) is 23.6 Å². The molecule has 1 aromatic heterocycles. The molecular formula is C27H25NO5. The van der Waals surface area contributed by atoms with E-state index in [9.17, 15) is 9.59 Å². The number of hydrogen-bond acceptors (Lipinski definition) is 5. The molecule has 6 heteroatoms. The minimum Gasteiger partial charge on any atom is -0.484 e. The van der Waals surface area contributed by atoms with Crippen LogP contribution in [-0.4, -0.2) is 12.5 Å². The molecule has 0 atom stereocenters. The van der Waals surface area contributed by atoms with Crippen LogP contribution in [0.4, 0.5) is 5.69 Å². The van der Waals surface area contributed by atoms with Crippen molar-refractivity contribution in [3.05, 3.63) is 93.8 Å². The Balaban J connectivity index is 1.46. The van der Waals surface area contributed by atoms with E-state index >= 15 is 0 Å². The summed E-state index contributed by atoms with van der Waals surface area (Å²) in [6.45, 7) is 5.79. The largest absolute Gasteiger partial charge is 0.484 e. The fourth-order valence-electron chi connectivity index (χ4n) is 3.55. The van der Waals surface area contributed by atoms with Gasteiger partial charge in [-0.2, -0.15) is 0 Å². The third-order valence-corrected chi connectivity index (χ3v) is 5.31. The van der Waals surface area contributed by atoms with E-state index in [0.717, 1.165) is 28.8 Å². The summed E-state index contributed by atoms with van der Waals surface area (Å²) in [7, 11) is 0. The third-order valence-electron chi connectivity index (χ3n) is 5.31. The molecule has 0 saturated carbocycles. The van der Waals surface area contributed by atoms with Gasteiger partial charge in [0.15, 0.2) is 6.61 Å². The smallest absolute Gasteiger partial charge is 0.262 e. The van der Waals surface area contributed by atoms with Crippen LogP contribution in [0.2, 0.25) is 0 Å². The SMILES string of the molecule is CCc1ccccc1Oc1coc2cc(OCC(=O)Nc3ccc(C)cc3C)ccc2c1=O. The summed E-state index contributed by atoms with van der Waals surface area (Å²) in [4.78, 5) is 25.2. The average Bonchev–Trinajstić information content (AvgIpc) is 2.81. The normalized spacial score (nSPS) is 10.8. The molecule has 1 amide bonds. The lowest BCUT2D eigenvalue weighted by Crippen LogP contribution is -2.20. The Hall–Kier alpha value is -4.06. The van der Waals surface area contributed by atoms with Gasteiger partial charge >= 0.3 is 0 Å². The second kappa shape index (κ2) is 9.61. The van der Waals surface area contributed by atoms with Gasteiger partial charge in [-0.15, -0.1) is 0 Å². The molecule has 0 unspecified atom stereocenters. The van der Waals surface area contributed by atoms with Crippen molar-refractivity contribution in [1.29, 1.82) is 0 Å². The summed E-state index contributed by atoms with van der Waals surface area (Å²) >= 11 is 0. The predicted octanol–water partition coefficient (Wildman–Crippen LogP) is 5.78. The lowest BCUT2D eigenvalue weighted by molar-refractivity contribution is -0.118. The summed E-state index contributed by atoms with van der Waals surface area (Å²) in [5, 5.41) is 3.21. The van der Waals surface area contributed by atoms with E-state index in [-0.39, 0.29) is 23.7 Å². The molecule has 0 radical (unpaired) electrons. The molecular weight excluding hydrogens is 418 g/mol. The summed E-state index contributed by atoms with van der Waals surface area (Å²) < 4.78 is 17.1. The van der Waals surface area contributed by atoms with Crippen molar-refractivity contribution in [2.24, 2.45) is 0 Å². The number of nitrogens with one attached hydrogen (secondary N) is 1. The Morgan fingerprint density at radius 1 is 1.00 bits per heavy atom. The van der Waals surface area contributed by atoms with E-state index in [0.29, 0.717) is 22.5 Å². The standard InChI is InChI=1S/C27H25NO5/c1-4-19-7-5-6-8-23(19)33-25-15-32-24-14-20(10-11-21(24)27(25)30)31-16-26(29)28-22-12-9-17(2)13-18(22)3/h5-15H,4,16H2,1-3H3,(H,28,29). The molecule has 0 fully saturated rings. The van der Waals surface area contributed by atoms with Gasteiger partial charge in [0.05, 0.1) is 5.39 Å². The zero-order valence-electron chi connectivity index (χ0n) is 18.8. The van der Waals surface area contributed by atoms with Gasteiger partial charge in [0.1, 0.15) is 23.3 Å². The van der Waals surface area contributed by atoms with Crippen LogP contribution in [0.25, 0.3) is 11.0 Å². The first-order valence-electron chi connectivity index (χ1n) is 10.8. The molecule has 1 N–H and O–H groups in total. The topological polar surface area (TPSA) is 77.8 Å². The molecule has 4 rings (SSSR count). The number of ether oxygens (including phenoxy) is 2. The lowest BCUT2D eigenvalue weighted by atomic mass is 10.1. The van der Waals surface area contributed by atoms with E-state index in [4.69, 9.17) is 13.9 Å². The van der Waals surface area contributed by atoms with Gasteiger partial charge in [-0.05, 0) is 55.7 Å². The van der Waals surface area contributed by atoms with Gasteiger partial charge in [-0.25, -0.2) is 0 Å². The molecule has 0 aliphatic carbocycles. The molecule has 4 aromatic rings. The molecule has 0 aliphatic heterocycles. The van der Waals surface area contributed by atoms with E-state index in [2.05, 4.69) is 5.32 Å². The molecule has 0 aliphatic rings. The Bertz CT molecular complexity index is 1370. The van der Waals surface area contributed by atoms with Crippen LogP contribution in [0.15, 0.2) is 76.1 Å². The van der Waals surface area contributed by atoms with Gasteiger partial charge in [0.25, 0.3) is 5.91 Å². The number of hydrogen-bond donors (Lipinski definition) is 1. The maximum absolute atomic E-state index is 12.9. The number of aryl methyl sites for hydroxylation is 3. The first kappa shape index (κ1) is 22.1. The second-order valence-electron chi connectivity index (χ2n) is 7.81. The summed E-state index contributed by atoms with van der Waals surface area (Å²) in [5.41, 5.74) is 3.93. The van der Waals surface area contributed by atoms with E-state index in [1.807, 2.05) is 63.2 Å². The predicted molar refractivity (Wildman–Crippen MR) is 128 cm³/mol. The second-order valence-corrected chi connectivity index (χ2v) is 7.81. The lowest BCUT2D eigenvalue weighted by Gasteiger charge is -2.11. The maximum Gasteiger partial charge on any atom is 0.262 e.